The number of para-hydroxylation sites is 1. The Morgan fingerprint density at radius 2 is 1.79 bits per heavy atom. The van der Waals surface area contributed by atoms with Gasteiger partial charge in [-0.2, -0.15) is 17.9 Å². The van der Waals surface area contributed by atoms with Gasteiger partial charge < -0.3 is 5.73 Å². The predicted molar refractivity (Wildman–Crippen MR) is 112 cm³/mol. The lowest BCUT2D eigenvalue weighted by Crippen LogP contribution is -2.66. The lowest BCUT2D eigenvalue weighted by Gasteiger charge is -2.35. The van der Waals surface area contributed by atoms with Crippen molar-refractivity contribution in [1.82, 2.24) is 14.9 Å². The Morgan fingerprint density at radius 3 is 2.35 bits per heavy atom. The molecule has 1 aromatic carbocycles. The summed E-state index contributed by atoms with van der Waals surface area (Å²) < 4.78 is 85.1. The number of carbonyl (C=O) groups excluding carboxylic acids is 2. The molecule has 3 N–H and O–H groups in total. The van der Waals surface area contributed by atoms with Gasteiger partial charge in [0.25, 0.3) is 15.9 Å². The number of alkyl halides is 3. The molecule has 1 aromatic heterocycles. The molecule has 9 nitrogen and oxygen atoms in total. The molecule has 1 aliphatic heterocycles. The van der Waals surface area contributed by atoms with Crippen molar-refractivity contribution in [2.24, 2.45) is 5.41 Å². The van der Waals surface area contributed by atoms with Crippen LogP contribution in [0.4, 0.5) is 28.4 Å². The lowest BCUT2D eigenvalue weighted by molar-refractivity contribution is -0.184. The van der Waals surface area contributed by atoms with Crippen LogP contribution in [-0.2, 0) is 19.6 Å². The molecule has 1 aliphatic carbocycles. The van der Waals surface area contributed by atoms with Crippen LogP contribution in [0.25, 0.3) is 0 Å². The molecule has 2 heterocycles. The molecule has 34 heavy (non-hydrogen) atoms. The zero-order valence-corrected chi connectivity index (χ0v) is 19.2. The van der Waals surface area contributed by atoms with Gasteiger partial charge in [-0.25, -0.2) is 12.8 Å². The first-order valence-corrected chi connectivity index (χ1v) is 12.0. The number of rotatable bonds is 4. The van der Waals surface area contributed by atoms with Gasteiger partial charge in [0.15, 0.2) is 5.78 Å². The van der Waals surface area contributed by atoms with E-state index in [9.17, 15) is 35.6 Å². The summed E-state index contributed by atoms with van der Waals surface area (Å²) in [6, 6.07) is 4.56. The van der Waals surface area contributed by atoms with Gasteiger partial charge in [0, 0.05) is 12.1 Å². The van der Waals surface area contributed by atoms with Gasteiger partial charge in [0.1, 0.15) is 5.82 Å². The molecule has 0 spiro atoms. The topological polar surface area (TPSA) is 135 Å². The third kappa shape index (κ3) is 3.58. The Morgan fingerprint density at radius 1 is 1.15 bits per heavy atom. The molecule has 0 bridgehead atoms. The van der Waals surface area contributed by atoms with Crippen molar-refractivity contribution in [2.75, 3.05) is 10.6 Å². The summed E-state index contributed by atoms with van der Waals surface area (Å²) in [4.78, 5) is 27.0. The number of carbonyl (C=O) groups is 2. The van der Waals surface area contributed by atoms with Crippen LogP contribution in [0, 0.1) is 11.2 Å². The molecule has 0 saturated carbocycles. The number of benzene rings is 1. The molecule has 0 fully saturated rings. The van der Waals surface area contributed by atoms with Gasteiger partial charge in [-0.05, 0) is 24.0 Å². The summed E-state index contributed by atoms with van der Waals surface area (Å²) in [5.41, 5.74) is -1.59. The number of nitrogen functional groups attached to an aromatic ring is 1. The molecule has 1 atom stereocenters. The highest BCUT2D eigenvalue weighted by molar-refractivity contribution is 7.91. The van der Waals surface area contributed by atoms with Crippen LogP contribution in [0.5, 0.6) is 0 Å². The number of allylic oxidation sites excluding steroid dienone is 1. The first kappa shape index (κ1) is 24.2. The Balaban J connectivity index is 2.01. The molecule has 0 radical (unpaired) electrons. The number of hydrogen-bond donors (Lipinski definition) is 2. The quantitative estimate of drug-likeness (QED) is 0.593. The second kappa shape index (κ2) is 7.55. The fourth-order valence-electron chi connectivity index (χ4n) is 4.18. The van der Waals surface area contributed by atoms with Crippen LogP contribution in [0.3, 0.4) is 0 Å². The maximum absolute atomic E-state index is 14.7. The Kier molecular flexibility index (Phi) is 5.38. The lowest BCUT2D eigenvalue weighted by atomic mass is 9.72. The first-order chi connectivity index (χ1) is 15.6. The van der Waals surface area contributed by atoms with Crippen molar-refractivity contribution >= 4 is 43.9 Å². The monoisotopic (exact) mass is 519 g/mol. The van der Waals surface area contributed by atoms with Crippen LogP contribution in [0.15, 0.2) is 39.9 Å². The van der Waals surface area contributed by atoms with Gasteiger partial charge in [0.2, 0.25) is 15.0 Å². The summed E-state index contributed by atoms with van der Waals surface area (Å²) in [6.07, 6.45) is -6.24. The minimum atomic E-state index is -5.62. The van der Waals surface area contributed by atoms with Gasteiger partial charge in [0.05, 0.1) is 11.3 Å². The number of nitrogens with two attached hydrogens (primary N) is 1. The number of Topliss-reactive ketones (excluding diaryl/α,β-unsaturated/α-hetero) is 1. The Labute approximate surface area is 194 Å². The van der Waals surface area contributed by atoms with Crippen molar-refractivity contribution < 1.29 is 35.6 Å². The number of nitrogens with one attached hydrogen (secondary N) is 1. The standard InChI is InChI=1S/C19H17F4N5O4S2/c1-17(2)7-11-13(12(29)8-17)18(19(21,22)23,27-34(31,32)16-26-25-15(24)33-16)14(30)28(11)10-6-4-3-5-9(10)20/h3-6,27H,7-8H2,1-2H3,(H2,24,25). The van der Waals surface area contributed by atoms with Gasteiger partial charge in [-0.3, -0.25) is 14.5 Å². The van der Waals surface area contributed by atoms with Crippen molar-refractivity contribution in [3.05, 3.63) is 41.4 Å². The minimum absolute atomic E-state index is 0.223. The first-order valence-electron chi connectivity index (χ1n) is 9.66. The number of aromatic nitrogens is 2. The molecule has 0 saturated heterocycles. The average molecular weight is 520 g/mol. The van der Waals surface area contributed by atoms with Crippen LogP contribution in [0.1, 0.15) is 26.7 Å². The van der Waals surface area contributed by atoms with Crippen LogP contribution < -0.4 is 15.4 Å². The highest BCUT2D eigenvalue weighted by Crippen LogP contribution is 2.53. The van der Waals surface area contributed by atoms with Crippen molar-refractivity contribution in [3.63, 3.8) is 0 Å². The molecule has 1 unspecified atom stereocenters. The highest BCUT2D eigenvalue weighted by atomic mass is 32.2. The molecular formula is C19H17F4N5O4S2. The van der Waals surface area contributed by atoms with E-state index in [-0.39, 0.29) is 22.9 Å². The molecule has 2 aromatic rings. The fraction of sp³-hybridized carbons (Fsp3) is 0.368. The number of nitrogens with zero attached hydrogens (tertiary/aromatic N) is 3. The normalized spacial score (nSPS) is 22.9. The van der Waals surface area contributed by atoms with Crippen LogP contribution >= 0.6 is 11.3 Å². The SMILES string of the molecule is CC1(C)CC(=O)C2=C(C1)N(c1ccccc1F)C(=O)C2(NS(=O)(=O)c1nnc(N)s1)C(F)(F)F. The maximum Gasteiger partial charge on any atom is 0.421 e. The number of ketones is 1. The highest BCUT2D eigenvalue weighted by Gasteiger charge is 2.72. The zero-order valence-electron chi connectivity index (χ0n) is 17.6. The Bertz CT molecular complexity index is 1350. The van der Waals surface area contributed by atoms with E-state index in [1.807, 2.05) is 0 Å². The number of anilines is 2. The summed E-state index contributed by atoms with van der Waals surface area (Å²) in [7, 11) is -5.15. The summed E-state index contributed by atoms with van der Waals surface area (Å²) in [5, 5.41) is 6.17. The fourth-order valence-corrected chi connectivity index (χ4v) is 6.29. The van der Waals surface area contributed by atoms with Crippen LogP contribution in [0.2, 0.25) is 0 Å². The van der Waals surface area contributed by atoms with E-state index in [0.29, 0.717) is 4.90 Å². The van der Waals surface area contributed by atoms with E-state index in [1.54, 1.807) is 13.8 Å². The largest absolute Gasteiger partial charge is 0.421 e. The molecule has 182 valence electrons. The molecule has 4 rings (SSSR count). The predicted octanol–water partition coefficient (Wildman–Crippen LogP) is 2.53. The van der Waals surface area contributed by atoms with E-state index >= 15 is 0 Å². The molecule has 2 aliphatic rings. The average Bonchev–Trinajstić information content (AvgIpc) is 3.22. The van der Waals surface area contributed by atoms with E-state index in [1.165, 1.54) is 16.9 Å². The third-order valence-electron chi connectivity index (χ3n) is 5.48. The van der Waals surface area contributed by atoms with Gasteiger partial charge in [-0.1, -0.05) is 37.3 Å². The molecule has 15 heteroatoms. The number of hydrogen-bond acceptors (Lipinski definition) is 8. The van der Waals surface area contributed by atoms with Crippen molar-refractivity contribution in [3.8, 4) is 0 Å². The van der Waals surface area contributed by atoms with E-state index in [4.69, 9.17) is 5.73 Å². The number of sulfonamides is 1. The van der Waals surface area contributed by atoms with Crippen LogP contribution in [-0.4, -0.2) is 42.0 Å². The van der Waals surface area contributed by atoms with Crippen molar-refractivity contribution in [1.29, 1.82) is 0 Å². The summed E-state index contributed by atoms with van der Waals surface area (Å²) in [6.45, 7) is 3.20. The van der Waals surface area contributed by atoms with E-state index < -0.39 is 72.4 Å². The van der Waals surface area contributed by atoms with E-state index in [0.717, 1.165) is 12.1 Å². The second-order valence-electron chi connectivity index (χ2n) is 8.61. The maximum atomic E-state index is 14.7. The number of halogens is 4. The summed E-state index contributed by atoms with van der Waals surface area (Å²) in [5.74, 6) is -3.99. The van der Waals surface area contributed by atoms with Gasteiger partial charge in [-0.15, -0.1) is 10.2 Å². The Hall–Kier alpha value is -2.91. The molecule has 1 amide bonds. The smallest absolute Gasteiger partial charge is 0.374 e. The van der Waals surface area contributed by atoms with E-state index in [2.05, 4.69) is 10.2 Å². The minimum Gasteiger partial charge on any atom is -0.374 e. The number of amides is 1. The second-order valence-corrected chi connectivity index (χ2v) is 11.5. The third-order valence-corrected chi connectivity index (χ3v) is 8.05. The zero-order chi connectivity index (χ0) is 25.3. The van der Waals surface area contributed by atoms with Gasteiger partial charge >= 0.3 is 6.18 Å². The van der Waals surface area contributed by atoms with Crippen molar-refractivity contribution in [2.45, 2.75) is 42.7 Å². The molecular weight excluding hydrogens is 502 g/mol. The summed E-state index contributed by atoms with van der Waals surface area (Å²) >= 11 is 0.270.